The summed E-state index contributed by atoms with van der Waals surface area (Å²) in [5.41, 5.74) is 4.80. The molecule has 2 rings (SSSR count). The highest BCUT2D eigenvalue weighted by molar-refractivity contribution is 5.60. The molecule has 1 unspecified atom stereocenters. The molecule has 1 aromatic rings. The second-order valence-corrected chi connectivity index (χ2v) is 4.03. The zero-order chi connectivity index (χ0) is 13.1. The van der Waals surface area contributed by atoms with Crippen molar-refractivity contribution in [3.05, 3.63) is 20.8 Å². The van der Waals surface area contributed by atoms with Crippen LogP contribution in [0.3, 0.4) is 0 Å². The molecule has 1 aliphatic rings. The lowest BCUT2D eigenvalue weighted by molar-refractivity contribution is -0.0818. The Labute approximate surface area is 103 Å². The third-order valence-electron chi connectivity index (χ3n) is 2.76. The maximum Gasteiger partial charge on any atom is 0.329 e. The number of H-pyrrole nitrogens is 1. The number of ether oxygens (including phenoxy) is 2. The van der Waals surface area contributed by atoms with Gasteiger partial charge in [-0.25, -0.2) is 4.79 Å². The van der Waals surface area contributed by atoms with Crippen molar-refractivity contribution in [2.75, 3.05) is 37.4 Å². The molecule has 2 heterocycles. The summed E-state index contributed by atoms with van der Waals surface area (Å²) in [6.45, 7) is 1.98. The summed E-state index contributed by atoms with van der Waals surface area (Å²) in [6.07, 6.45) is -0.130. The molecule has 0 bridgehead atoms. The largest absolute Gasteiger partial charge is 0.383 e. The van der Waals surface area contributed by atoms with Gasteiger partial charge in [0, 0.05) is 13.6 Å². The van der Waals surface area contributed by atoms with Crippen LogP contribution in [0.4, 0.5) is 11.5 Å². The Bertz CT molecular complexity index is 530. The Morgan fingerprint density at radius 2 is 2.28 bits per heavy atom. The number of rotatable bonds is 3. The molecule has 8 heteroatoms. The summed E-state index contributed by atoms with van der Waals surface area (Å²) in [7, 11) is 1.49. The predicted octanol–water partition coefficient (Wildman–Crippen LogP) is -1.52. The zero-order valence-electron chi connectivity index (χ0n) is 10.1. The van der Waals surface area contributed by atoms with E-state index >= 15 is 0 Å². The first-order chi connectivity index (χ1) is 8.59. The molecular formula is C10H16N4O4. The molecule has 0 amide bonds. The van der Waals surface area contributed by atoms with Crippen molar-refractivity contribution in [3.8, 4) is 0 Å². The summed E-state index contributed by atoms with van der Waals surface area (Å²) >= 11 is 0. The van der Waals surface area contributed by atoms with E-state index in [1.165, 1.54) is 11.6 Å². The summed E-state index contributed by atoms with van der Waals surface area (Å²) in [6, 6.07) is 0. The highest BCUT2D eigenvalue weighted by Crippen LogP contribution is 2.09. The number of hydrogen-bond donors (Lipinski definition) is 3. The van der Waals surface area contributed by atoms with Crippen LogP contribution in [0.25, 0.3) is 0 Å². The highest BCUT2D eigenvalue weighted by Gasteiger charge is 2.16. The molecule has 0 radical (unpaired) electrons. The second kappa shape index (κ2) is 5.23. The van der Waals surface area contributed by atoms with Gasteiger partial charge in [0.2, 0.25) is 0 Å². The van der Waals surface area contributed by atoms with Gasteiger partial charge in [0.15, 0.2) is 0 Å². The quantitative estimate of drug-likeness (QED) is 0.606. The van der Waals surface area contributed by atoms with Gasteiger partial charge in [-0.1, -0.05) is 0 Å². The number of anilines is 2. The monoisotopic (exact) mass is 256 g/mol. The van der Waals surface area contributed by atoms with Crippen molar-refractivity contribution >= 4 is 11.5 Å². The van der Waals surface area contributed by atoms with Gasteiger partial charge in [-0.15, -0.1) is 0 Å². The van der Waals surface area contributed by atoms with Gasteiger partial charge in [-0.3, -0.25) is 14.3 Å². The van der Waals surface area contributed by atoms with E-state index in [0.29, 0.717) is 26.4 Å². The summed E-state index contributed by atoms with van der Waals surface area (Å²) in [5.74, 6) is 0.0977. The molecule has 0 spiro atoms. The van der Waals surface area contributed by atoms with Crippen LogP contribution in [0.15, 0.2) is 9.59 Å². The Morgan fingerprint density at radius 1 is 1.50 bits per heavy atom. The SMILES string of the molecule is Cn1c(N)c(NCC2COCCO2)c(=O)[nH]c1=O. The van der Waals surface area contributed by atoms with E-state index in [9.17, 15) is 9.59 Å². The standard InChI is InChI=1S/C10H16N4O4/c1-14-8(11)7(9(15)13-10(14)16)12-4-6-5-17-2-3-18-6/h6,12H,2-5,11H2,1H3,(H,13,15,16). The van der Waals surface area contributed by atoms with Gasteiger partial charge in [-0.05, 0) is 0 Å². The molecule has 1 aliphatic heterocycles. The maximum atomic E-state index is 11.6. The number of hydrogen-bond acceptors (Lipinski definition) is 6. The lowest BCUT2D eigenvalue weighted by atomic mass is 10.3. The van der Waals surface area contributed by atoms with E-state index in [1.807, 2.05) is 0 Å². The molecule has 1 aromatic heterocycles. The van der Waals surface area contributed by atoms with Crippen LogP contribution in [-0.4, -0.2) is 42.0 Å². The van der Waals surface area contributed by atoms with Gasteiger partial charge in [0.25, 0.3) is 5.56 Å². The second-order valence-electron chi connectivity index (χ2n) is 4.03. The molecule has 0 saturated carbocycles. The van der Waals surface area contributed by atoms with Gasteiger partial charge in [0.1, 0.15) is 11.5 Å². The third kappa shape index (κ3) is 2.54. The smallest absolute Gasteiger partial charge is 0.329 e. The lowest BCUT2D eigenvalue weighted by Gasteiger charge is -2.23. The number of aromatic amines is 1. The molecule has 0 aromatic carbocycles. The normalized spacial score (nSPS) is 19.7. The van der Waals surface area contributed by atoms with E-state index < -0.39 is 11.2 Å². The predicted molar refractivity (Wildman–Crippen MR) is 65.8 cm³/mol. The Kier molecular flexibility index (Phi) is 3.68. The van der Waals surface area contributed by atoms with E-state index in [-0.39, 0.29) is 17.6 Å². The van der Waals surface area contributed by atoms with Gasteiger partial charge in [0.05, 0.1) is 25.9 Å². The number of nitrogens with zero attached hydrogens (tertiary/aromatic N) is 1. The molecule has 8 nitrogen and oxygen atoms in total. The van der Waals surface area contributed by atoms with Crippen molar-refractivity contribution in [2.45, 2.75) is 6.10 Å². The molecular weight excluding hydrogens is 240 g/mol. The summed E-state index contributed by atoms with van der Waals surface area (Å²) in [4.78, 5) is 25.0. The van der Waals surface area contributed by atoms with Crippen molar-refractivity contribution in [1.82, 2.24) is 9.55 Å². The fourth-order valence-electron chi connectivity index (χ4n) is 1.68. The molecule has 1 fully saturated rings. The van der Waals surface area contributed by atoms with E-state index in [4.69, 9.17) is 15.2 Å². The highest BCUT2D eigenvalue weighted by atomic mass is 16.6. The Balaban J connectivity index is 2.11. The van der Waals surface area contributed by atoms with Crippen LogP contribution in [0.1, 0.15) is 0 Å². The summed E-state index contributed by atoms with van der Waals surface area (Å²) < 4.78 is 11.8. The van der Waals surface area contributed by atoms with Crippen molar-refractivity contribution in [3.63, 3.8) is 0 Å². The fraction of sp³-hybridized carbons (Fsp3) is 0.600. The third-order valence-corrected chi connectivity index (χ3v) is 2.76. The molecule has 1 atom stereocenters. The van der Waals surface area contributed by atoms with Crippen LogP contribution in [0, 0.1) is 0 Å². The van der Waals surface area contributed by atoms with Crippen molar-refractivity contribution < 1.29 is 9.47 Å². The lowest BCUT2D eigenvalue weighted by Crippen LogP contribution is -2.37. The first-order valence-corrected chi connectivity index (χ1v) is 5.61. The van der Waals surface area contributed by atoms with E-state index in [2.05, 4.69) is 10.3 Å². The molecule has 0 aliphatic carbocycles. The first-order valence-electron chi connectivity index (χ1n) is 5.61. The average molecular weight is 256 g/mol. The number of nitrogen functional groups attached to an aromatic ring is 1. The van der Waals surface area contributed by atoms with Gasteiger partial charge >= 0.3 is 5.69 Å². The van der Waals surface area contributed by atoms with Crippen LogP contribution in [0.2, 0.25) is 0 Å². The summed E-state index contributed by atoms with van der Waals surface area (Å²) in [5, 5.41) is 2.89. The minimum absolute atomic E-state index is 0.0977. The number of aromatic nitrogens is 2. The zero-order valence-corrected chi connectivity index (χ0v) is 10.1. The van der Waals surface area contributed by atoms with E-state index in [1.54, 1.807) is 0 Å². The molecule has 100 valence electrons. The molecule has 1 saturated heterocycles. The minimum atomic E-state index is -0.541. The molecule has 18 heavy (non-hydrogen) atoms. The van der Waals surface area contributed by atoms with Gasteiger partial charge in [-0.2, -0.15) is 0 Å². The van der Waals surface area contributed by atoms with E-state index in [0.717, 1.165) is 0 Å². The van der Waals surface area contributed by atoms with Crippen molar-refractivity contribution in [1.29, 1.82) is 0 Å². The average Bonchev–Trinajstić information content (AvgIpc) is 2.37. The maximum absolute atomic E-state index is 11.6. The first kappa shape index (κ1) is 12.7. The van der Waals surface area contributed by atoms with Crippen molar-refractivity contribution in [2.24, 2.45) is 7.05 Å². The van der Waals surface area contributed by atoms with Crippen LogP contribution < -0.4 is 22.3 Å². The Hall–Kier alpha value is -1.80. The van der Waals surface area contributed by atoms with Crippen LogP contribution in [-0.2, 0) is 16.5 Å². The van der Waals surface area contributed by atoms with Crippen LogP contribution in [0.5, 0.6) is 0 Å². The molecule has 4 N–H and O–H groups in total. The fourth-order valence-corrected chi connectivity index (χ4v) is 1.68. The minimum Gasteiger partial charge on any atom is -0.383 e. The number of nitrogens with two attached hydrogens (primary N) is 1. The van der Waals surface area contributed by atoms with Crippen LogP contribution >= 0.6 is 0 Å². The number of nitrogens with one attached hydrogen (secondary N) is 2. The topological polar surface area (TPSA) is 111 Å². The Morgan fingerprint density at radius 3 is 2.94 bits per heavy atom. The van der Waals surface area contributed by atoms with Gasteiger partial charge < -0.3 is 20.5 Å².